The van der Waals surface area contributed by atoms with Crippen molar-refractivity contribution in [3.63, 3.8) is 0 Å². The number of hydrogen-bond donors (Lipinski definition) is 2. The lowest BCUT2D eigenvalue weighted by molar-refractivity contribution is -0.134. The Labute approximate surface area is 138 Å². The van der Waals surface area contributed by atoms with Crippen molar-refractivity contribution in [3.05, 3.63) is 46.6 Å². The number of nitrogens with one attached hydrogen (secondary N) is 1. The molecule has 10 heteroatoms. The molecule has 6 nitrogen and oxygen atoms in total. The van der Waals surface area contributed by atoms with Gasteiger partial charge in [-0.1, -0.05) is 11.6 Å². The van der Waals surface area contributed by atoms with Crippen LogP contribution >= 0.6 is 11.6 Å². The minimum absolute atomic E-state index is 0.0257. The van der Waals surface area contributed by atoms with Crippen molar-refractivity contribution >= 4 is 29.1 Å². The first kappa shape index (κ1) is 17.8. The molecule has 2 aromatic rings. The molecule has 0 fully saturated rings. The van der Waals surface area contributed by atoms with E-state index in [-0.39, 0.29) is 27.7 Å². The van der Waals surface area contributed by atoms with Crippen LogP contribution in [0.25, 0.3) is 0 Å². The van der Waals surface area contributed by atoms with Crippen LogP contribution in [0.15, 0.2) is 29.0 Å². The molecule has 2 rings (SSSR count). The lowest BCUT2D eigenvalue weighted by Crippen LogP contribution is -2.16. The molecule has 128 valence electrons. The summed E-state index contributed by atoms with van der Waals surface area (Å²) in [5.41, 5.74) is 5.14. The summed E-state index contributed by atoms with van der Waals surface area (Å²) in [6.45, 7) is 0. The molecule has 0 radical (unpaired) electrons. The molecule has 1 aromatic heterocycles. The van der Waals surface area contributed by atoms with Gasteiger partial charge in [-0.25, -0.2) is 4.98 Å². The molecule has 0 saturated carbocycles. The van der Waals surface area contributed by atoms with E-state index in [9.17, 15) is 22.8 Å². The first-order valence-corrected chi connectivity index (χ1v) is 6.95. The summed E-state index contributed by atoms with van der Waals surface area (Å²) in [5, 5.41) is 2.44. The number of oxazole rings is 1. The van der Waals surface area contributed by atoms with Crippen LogP contribution < -0.4 is 11.1 Å². The number of carbonyl (C=O) groups is 2. The Morgan fingerprint density at radius 2 is 2.04 bits per heavy atom. The lowest BCUT2D eigenvalue weighted by Gasteiger charge is -2.07. The van der Waals surface area contributed by atoms with Gasteiger partial charge in [0.1, 0.15) is 5.76 Å². The average Bonchev–Trinajstić information content (AvgIpc) is 2.92. The summed E-state index contributed by atoms with van der Waals surface area (Å²) in [4.78, 5) is 26.8. The number of nitrogens with two attached hydrogens (primary N) is 1. The number of nitrogens with zero attached hydrogens (tertiary/aromatic N) is 1. The second kappa shape index (κ2) is 6.91. The summed E-state index contributed by atoms with van der Waals surface area (Å²) in [6, 6.07) is 3.97. The van der Waals surface area contributed by atoms with Gasteiger partial charge in [0, 0.05) is 12.1 Å². The van der Waals surface area contributed by atoms with Crippen LogP contribution in [0.4, 0.5) is 18.9 Å². The topological polar surface area (TPSA) is 98.2 Å². The van der Waals surface area contributed by atoms with Crippen molar-refractivity contribution < 1.29 is 27.2 Å². The molecule has 0 spiro atoms. The van der Waals surface area contributed by atoms with Crippen molar-refractivity contribution in [1.29, 1.82) is 0 Å². The van der Waals surface area contributed by atoms with Crippen LogP contribution in [0.5, 0.6) is 0 Å². The number of rotatable bonds is 5. The minimum atomic E-state index is -4.38. The molecule has 3 N–H and O–H groups in total. The van der Waals surface area contributed by atoms with Gasteiger partial charge < -0.3 is 15.5 Å². The monoisotopic (exact) mass is 361 g/mol. The number of aromatic nitrogens is 1. The molecule has 1 aromatic carbocycles. The van der Waals surface area contributed by atoms with Gasteiger partial charge in [0.2, 0.25) is 5.91 Å². The van der Waals surface area contributed by atoms with Crippen molar-refractivity contribution in [2.45, 2.75) is 19.0 Å². The van der Waals surface area contributed by atoms with Gasteiger partial charge in [-0.3, -0.25) is 9.59 Å². The number of benzene rings is 1. The van der Waals surface area contributed by atoms with Crippen LogP contribution in [0.3, 0.4) is 0 Å². The van der Waals surface area contributed by atoms with E-state index in [4.69, 9.17) is 21.8 Å². The van der Waals surface area contributed by atoms with Gasteiger partial charge in [-0.05, 0) is 18.2 Å². The summed E-state index contributed by atoms with van der Waals surface area (Å²) in [7, 11) is 0. The molecule has 0 aliphatic heterocycles. The van der Waals surface area contributed by atoms with Gasteiger partial charge in [-0.2, -0.15) is 13.2 Å². The van der Waals surface area contributed by atoms with E-state index in [1.807, 2.05) is 0 Å². The van der Waals surface area contributed by atoms with E-state index in [0.717, 1.165) is 6.39 Å². The van der Waals surface area contributed by atoms with Crippen LogP contribution in [-0.4, -0.2) is 23.0 Å². The third-order valence-corrected chi connectivity index (χ3v) is 3.30. The fourth-order valence-electron chi connectivity index (χ4n) is 1.87. The molecular weight excluding hydrogens is 351 g/mol. The van der Waals surface area contributed by atoms with Crippen molar-refractivity contribution in [3.8, 4) is 0 Å². The number of aryl methyl sites for hydroxylation is 1. The molecule has 0 saturated heterocycles. The second-order valence-electron chi connectivity index (χ2n) is 4.75. The maximum atomic E-state index is 12.3. The number of primary amides is 1. The maximum Gasteiger partial charge on any atom is 0.389 e. The summed E-state index contributed by atoms with van der Waals surface area (Å²) >= 11 is 5.85. The molecule has 1 heterocycles. The summed E-state index contributed by atoms with van der Waals surface area (Å²) < 4.78 is 41.6. The minimum Gasteiger partial charge on any atom is -0.448 e. The zero-order chi connectivity index (χ0) is 17.9. The second-order valence-corrected chi connectivity index (χ2v) is 5.16. The molecule has 0 atom stereocenters. The Balaban J connectivity index is 2.12. The number of anilines is 1. The Morgan fingerprint density at radius 1 is 1.33 bits per heavy atom. The maximum absolute atomic E-state index is 12.3. The molecular formula is C14H11ClF3N3O3. The van der Waals surface area contributed by atoms with E-state index in [1.54, 1.807) is 0 Å². The Kier molecular flexibility index (Phi) is 5.13. The van der Waals surface area contributed by atoms with Crippen LogP contribution in [0, 0.1) is 0 Å². The molecule has 0 aliphatic carbocycles. The predicted molar refractivity (Wildman–Crippen MR) is 78.8 cm³/mol. The quantitative estimate of drug-likeness (QED) is 0.854. The molecule has 24 heavy (non-hydrogen) atoms. The first-order valence-electron chi connectivity index (χ1n) is 6.57. The molecule has 0 bridgehead atoms. The predicted octanol–water partition coefficient (Wildman–Crippen LogP) is 3.17. The third-order valence-electron chi connectivity index (χ3n) is 2.98. The standard InChI is InChI=1S/C14H11ClF3N3O3/c15-9-5-7(1-2-8(9)12(19)22)21-13(23)11-10(24-6-20-11)3-4-14(16,17)18/h1-2,5-6H,3-4H2,(H2,19,22)(H,21,23). The van der Waals surface area contributed by atoms with E-state index in [0.29, 0.717) is 0 Å². The highest BCUT2D eigenvalue weighted by Gasteiger charge is 2.29. The summed E-state index contributed by atoms with van der Waals surface area (Å²) in [6.07, 6.45) is -5.13. The normalized spacial score (nSPS) is 11.3. The number of halogens is 4. The SMILES string of the molecule is NC(=O)c1ccc(NC(=O)c2ncoc2CCC(F)(F)F)cc1Cl. The first-order chi connectivity index (χ1) is 11.2. The largest absolute Gasteiger partial charge is 0.448 e. The van der Waals surface area contributed by atoms with Gasteiger partial charge in [0.15, 0.2) is 12.1 Å². The number of carbonyl (C=O) groups excluding carboxylic acids is 2. The van der Waals surface area contributed by atoms with Crippen molar-refractivity contribution in [2.24, 2.45) is 5.73 Å². The zero-order valence-corrected chi connectivity index (χ0v) is 12.7. The van der Waals surface area contributed by atoms with Gasteiger partial charge in [0.25, 0.3) is 5.91 Å². The molecule has 0 unspecified atom stereocenters. The average molecular weight is 362 g/mol. The molecule has 2 amide bonds. The highest BCUT2D eigenvalue weighted by Crippen LogP contribution is 2.24. The van der Waals surface area contributed by atoms with E-state index < -0.39 is 30.8 Å². The van der Waals surface area contributed by atoms with Gasteiger partial charge in [0.05, 0.1) is 17.0 Å². The Morgan fingerprint density at radius 3 is 2.62 bits per heavy atom. The fraction of sp³-hybridized carbons (Fsp3) is 0.214. The van der Waals surface area contributed by atoms with Crippen LogP contribution in [0.1, 0.15) is 33.0 Å². The lowest BCUT2D eigenvalue weighted by atomic mass is 10.1. The Hall–Kier alpha value is -2.55. The fourth-order valence-corrected chi connectivity index (χ4v) is 2.14. The van der Waals surface area contributed by atoms with E-state index in [2.05, 4.69) is 10.3 Å². The smallest absolute Gasteiger partial charge is 0.389 e. The van der Waals surface area contributed by atoms with Crippen molar-refractivity contribution in [1.82, 2.24) is 4.98 Å². The van der Waals surface area contributed by atoms with Crippen LogP contribution in [0.2, 0.25) is 5.02 Å². The molecule has 0 aliphatic rings. The number of amides is 2. The highest BCUT2D eigenvalue weighted by atomic mass is 35.5. The van der Waals surface area contributed by atoms with Gasteiger partial charge in [-0.15, -0.1) is 0 Å². The number of alkyl halides is 3. The zero-order valence-electron chi connectivity index (χ0n) is 12.0. The van der Waals surface area contributed by atoms with Gasteiger partial charge >= 0.3 is 6.18 Å². The third kappa shape index (κ3) is 4.48. The highest BCUT2D eigenvalue weighted by molar-refractivity contribution is 6.34. The van der Waals surface area contributed by atoms with Crippen molar-refractivity contribution in [2.75, 3.05) is 5.32 Å². The van der Waals surface area contributed by atoms with E-state index >= 15 is 0 Å². The van der Waals surface area contributed by atoms with Crippen LogP contribution in [-0.2, 0) is 6.42 Å². The Bertz CT molecular complexity index is 774. The summed E-state index contributed by atoms with van der Waals surface area (Å²) in [5.74, 6) is -1.67. The number of hydrogen-bond acceptors (Lipinski definition) is 4. The van der Waals surface area contributed by atoms with E-state index in [1.165, 1.54) is 18.2 Å².